The number of hydrogen-bond acceptors (Lipinski definition) is 9. The van der Waals surface area contributed by atoms with Crippen LogP contribution in [0.25, 0.3) is 21.5 Å². The van der Waals surface area contributed by atoms with E-state index in [0.29, 0.717) is 29.7 Å². The lowest BCUT2D eigenvalue weighted by Gasteiger charge is -2.26. The van der Waals surface area contributed by atoms with Gasteiger partial charge in [-0.3, -0.25) is 9.80 Å². The van der Waals surface area contributed by atoms with E-state index in [9.17, 15) is 14.7 Å². The Morgan fingerprint density at radius 1 is 0.628 bits per heavy atom. The number of unbranched alkanes of at least 4 members (excludes halogenated alkanes) is 4. The number of carbonyl (C=O) groups excluding carboxylic acids is 2. The van der Waals surface area contributed by atoms with E-state index < -0.39 is 5.97 Å². The van der Waals surface area contributed by atoms with Gasteiger partial charge in [-0.1, -0.05) is 12.1 Å². The number of fused-ring (bicyclic) bond motifs is 3. The molecule has 2 saturated heterocycles. The van der Waals surface area contributed by atoms with E-state index in [2.05, 4.69) is 9.80 Å². The van der Waals surface area contributed by atoms with Gasteiger partial charge in [0.05, 0.1) is 50.8 Å². The molecule has 0 aromatic heterocycles. The quantitative estimate of drug-likeness (QED) is 0.157. The van der Waals surface area contributed by atoms with Gasteiger partial charge < -0.3 is 24.1 Å². The number of phenols is 1. The smallest absolute Gasteiger partial charge is 0.338 e. The molecule has 3 aromatic rings. The van der Waals surface area contributed by atoms with Crippen LogP contribution in [0.15, 0.2) is 42.5 Å². The average molecular weight is 593 g/mol. The second-order valence-corrected chi connectivity index (χ2v) is 11.4. The molecule has 2 aliphatic rings. The van der Waals surface area contributed by atoms with E-state index in [1.165, 1.54) is 0 Å². The predicted octanol–water partition coefficient (Wildman–Crippen LogP) is 5.02. The maximum Gasteiger partial charge on any atom is 0.338 e. The summed E-state index contributed by atoms with van der Waals surface area (Å²) in [7, 11) is 0. The second-order valence-electron chi connectivity index (χ2n) is 11.4. The normalized spacial score (nSPS) is 16.5. The molecule has 0 atom stereocenters. The summed E-state index contributed by atoms with van der Waals surface area (Å²) in [5, 5.41) is 13.8. The fourth-order valence-electron chi connectivity index (χ4n) is 5.77. The summed E-state index contributed by atoms with van der Waals surface area (Å²) in [6.45, 7) is 10.1. The molecule has 0 spiro atoms. The lowest BCUT2D eigenvalue weighted by Crippen LogP contribution is -2.36. The number of ether oxygens (including phenoxy) is 4. The molecule has 2 heterocycles. The van der Waals surface area contributed by atoms with Gasteiger partial charge >= 0.3 is 11.9 Å². The molecule has 43 heavy (non-hydrogen) atoms. The molecule has 2 fully saturated rings. The summed E-state index contributed by atoms with van der Waals surface area (Å²) >= 11 is 0. The van der Waals surface area contributed by atoms with Crippen molar-refractivity contribution in [3.8, 4) is 5.75 Å². The molecule has 5 rings (SSSR count). The van der Waals surface area contributed by atoms with Gasteiger partial charge in [-0.15, -0.1) is 0 Å². The van der Waals surface area contributed by atoms with E-state index >= 15 is 0 Å². The summed E-state index contributed by atoms with van der Waals surface area (Å²) in [4.78, 5) is 30.2. The first-order chi connectivity index (χ1) is 21.1. The van der Waals surface area contributed by atoms with Crippen molar-refractivity contribution in [2.75, 3.05) is 78.9 Å². The first-order valence-corrected chi connectivity index (χ1v) is 15.7. The van der Waals surface area contributed by atoms with Crippen LogP contribution in [0.2, 0.25) is 0 Å². The molecule has 0 unspecified atom stereocenters. The van der Waals surface area contributed by atoms with Crippen LogP contribution in [0.5, 0.6) is 5.75 Å². The minimum absolute atomic E-state index is 0.0473. The van der Waals surface area contributed by atoms with Crippen LogP contribution in [0.3, 0.4) is 0 Å². The van der Waals surface area contributed by atoms with E-state index in [1.807, 2.05) is 12.1 Å². The predicted molar refractivity (Wildman–Crippen MR) is 166 cm³/mol. The summed E-state index contributed by atoms with van der Waals surface area (Å²) in [5.74, 6) is -0.714. The highest BCUT2D eigenvalue weighted by atomic mass is 16.5. The Morgan fingerprint density at radius 3 is 1.70 bits per heavy atom. The van der Waals surface area contributed by atoms with Crippen molar-refractivity contribution in [1.82, 2.24) is 9.80 Å². The second kappa shape index (κ2) is 16.0. The maximum atomic E-state index is 12.7. The zero-order chi connectivity index (χ0) is 29.9. The molecule has 9 nitrogen and oxygen atoms in total. The van der Waals surface area contributed by atoms with Crippen molar-refractivity contribution < 1.29 is 33.6 Å². The van der Waals surface area contributed by atoms with Gasteiger partial charge in [-0.25, -0.2) is 9.59 Å². The van der Waals surface area contributed by atoms with Gasteiger partial charge in [-0.05, 0) is 98.1 Å². The summed E-state index contributed by atoms with van der Waals surface area (Å²) in [6.07, 6.45) is 5.81. The Hall–Kier alpha value is -3.24. The first kappa shape index (κ1) is 31.2. The minimum atomic E-state index is -0.395. The molecule has 0 bridgehead atoms. The number of benzene rings is 3. The Balaban J connectivity index is 1.09. The van der Waals surface area contributed by atoms with Crippen molar-refractivity contribution in [2.24, 2.45) is 0 Å². The SMILES string of the molecule is O=C(OCCCCCN1CCOCC1)c1ccc2c(c1)cc(O)c1cc(C(=O)OCCCCCN3CCOCC3)ccc12. The first-order valence-electron chi connectivity index (χ1n) is 15.7. The summed E-state index contributed by atoms with van der Waals surface area (Å²) in [5.41, 5.74) is 0.852. The van der Waals surface area contributed by atoms with Crippen LogP contribution in [-0.4, -0.2) is 106 Å². The summed E-state index contributed by atoms with van der Waals surface area (Å²) < 4.78 is 21.8. The van der Waals surface area contributed by atoms with Crippen molar-refractivity contribution in [2.45, 2.75) is 38.5 Å². The largest absolute Gasteiger partial charge is 0.507 e. The highest BCUT2D eigenvalue weighted by Gasteiger charge is 2.15. The van der Waals surface area contributed by atoms with Gasteiger partial charge in [0.2, 0.25) is 0 Å². The Labute approximate surface area is 253 Å². The topological polar surface area (TPSA) is 97.8 Å². The highest BCUT2D eigenvalue weighted by molar-refractivity contribution is 6.13. The molecule has 0 radical (unpaired) electrons. The van der Waals surface area contributed by atoms with Crippen molar-refractivity contribution in [3.63, 3.8) is 0 Å². The highest BCUT2D eigenvalue weighted by Crippen LogP contribution is 2.34. The van der Waals surface area contributed by atoms with E-state index in [0.717, 1.165) is 120 Å². The molecule has 0 amide bonds. The van der Waals surface area contributed by atoms with Gasteiger partial charge in [0, 0.05) is 31.6 Å². The van der Waals surface area contributed by atoms with E-state index in [-0.39, 0.29) is 11.7 Å². The number of esters is 2. The molecular formula is C34H44N2O7. The van der Waals surface area contributed by atoms with Gasteiger partial charge in [0.15, 0.2) is 0 Å². The van der Waals surface area contributed by atoms with Crippen LogP contribution in [0.1, 0.15) is 59.2 Å². The fraction of sp³-hybridized carbons (Fsp3) is 0.529. The van der Waals surface area contributed by atoms with Crippen LogP contribution < -0.4 is 0 Å². The van der Waals surface area contributed by atoms with E-state index in [4.69, 9.17) is 18.9 Å². The molecule has 0 aliphatic carbocycles. The van der Waals surface area contributed by atoms with E-state index in [1.54, 1.807) is 30.3 Å². The van der Waals surface area contributed by atoms with Gasteiger partial charge in [0.1, 0.15) is 5.75 Å². The number of hydrogen-bond donors (Lipinski definition) is 1. The van der Waals surface area contributed by atoms with Crippen molar-refractivity contribution >= 4 is 33.5 Å². The standard InChI is InChI=1S/C34H44N2O7/c37-32-25-28-23-26(33(38)42-17-5-1-3-11-35-13-19-40-20-14-35)7-9-29(28)30-10-8-27(24-31(30)32)34(39)43-18-6-2-4-12-36-15-21-41-22-16-36/h7-10,23-25,37H,1-6,11-22H2. The average Bonchev–Trinajstić information content (AvgIpc) is 3.04. The lowest BCUT2D eigenvalue weighted by atomic mass is 9.98. The zero-order valence-electron chi connectivity index (χ0n) is 25.1. The third-order valence-electron chi connectivity index (χ3n) is 8.31. The summed E-state index contributed by atoms with van der Waals surface area (Å²) in [6, 6.07) is 12.2. The Kier molecular flexibility index (Phi) is 11.6. The zero-order valence-corrected chi connectivity index (χ0v) is 25.1. The fourth-order valence-corrected chi connectivity index (χ4v) is 5.77. The molecule has 0 saturated carbocycles. The third-order valence-corrected chi connectivity index (χ3v) is 8.31. The van der Waals surface area contributed by atoms with Crippen LogP contribution in [0, 0.1) is 0 Å². The monoisotopic (exact) mass is 592 g/mol. The third kappa shape index (κ3) is 8.89. The number of nitrogens with zero attached hydrogens (tertiary/aromatic N) is 2. The molecule has 3 aromatic carbocycles. The maximum absolute atomic E-state index is 12.7. The van der Waals surface area contributed by atoms with Crippen molar-refractivity contribution in [3.05, 3.63) is 53.6 Å². The molecular weight excluding hydrogens is 548 g/mol. The van der Waals surface area contributed by atoms with Crippen molar-refractivity contribution in [1.29, 1.82) is 0 Å². The van der Waals surface area contributed by atoms with Crippen LogP contribution in [0.4, 0.5) is 0 Å². The van der Waals surface area contributed by atoms with Crippen LogP contribution in [-0.2, 0) is 18.9 Å². The van der Waals surface area contributed by atoms with Gasteiger partial charge in [-0.2, -0.15) is 0 Å². The molecule has 2 aliphatic heterocycles. The minimum Gasteiger partial charge on any atom is -0.507 e. The number of phenolic OH excluding ortho intramolecular Hbond substituents is 1. The molecule has 9 heteroatoms. The molecule has 232 valence electrons. The number of carbonyl (C=O) groups is 2. The lowest BCUT2D eigenvalue weighted by molar-refractivity contribution is 0.0363. The van der Waals surface area contributed by atoms with Crippen LogP contribution >= 0.6 is 0 Å². The molecule has 1 N–H and O–H groups in total. The van der Waals surface area contributed by atoms with Gasteiger partial charge in [0.25, 0.3) is 0 Å². The number of morpholine rings is 2. The Bertz CT molecular complexity index is 1370. The Morgan fingerprint density at radius 2 is 1.14 bits per heavy atom. The number of rotatable bonds is 14. The number of aromatic hydroxyl groups is 1.